The lowest BCUT2D eigenvalue weighted by Gasteiger charge is -2.13. The molecule has 0 aliphatic carbocycles. The van der Waals surface area contributed by atoms with Crippen molar-refractivity contribution in [1.29, 1.82) is 0 Å². The Labute approximate surface area is 146 Å². The average Bonchev–Trinajstić information content (AvgIpc) is 2.76. The van der Waals surface area contributed by atoms with Crippen LogP contribution in [-0.2, 0) is 9.59 Å². The van der Waals surface area contributed by atoms with Gasteiger partial charge in [-0.15, -0.1) is 0 Å². The smallest absolute Gasteiger partial charge is 0.387 e. The normalized spacial score (nSPS) is 16.3. The number of amides is 1. The summed E-state index contributed by atoms with van der Waals surface area (Å²) in [6.07, 6.45) is 1.87. The highest BCUT2D eigenvalue weighted by molar-refractivity contribution is 8.26. The Morgan fingerprint density at radius 2 is 2.04 bits per heavy atom. The first-order valence-corrected chi connectivity index (χ1v) is 8.11. The molecule has 128 valence electrons. The van der Waals surface area contributed by atoms with E-state index >= 15 is 0 Å². The van der Waals surface area contributed by atoms with Gasteiger partial charge in [0.15, 0.2) is 0 Å². The van der Waals surface area contributed by atoms with Crippen LogP contribution in [0.2, 0.25) is 0 Å². The Bertz CT molecular complexity index is 677. The number of carbonyl (C=O) groups excluding carboxylic acids is 1. The Balaban J connectivity index is 2.03. The van der Waals surface area contributed by atoms with Gasteiger partial charge in [0.05, 0.1) is 4.91 Å². The number of thiocarbonyl (C=S) groups is 1. The van der Waals surface area contributed by atoms with Crippen molar-refractivity contribution >= 4 is 46.3 Å². The summed E-state index contributed by atoms with van der Waals surface area (Å²) < 4.78 is 28.8. The number of hydrogen-bond acceptors (Lipinski definition) is 5. The molecule has 0 radical (unpaired) electrons. The molecule has 9 heteroatoms. The molecule has 1 saturated heterocycles. The number of benzene rings is 1. The average molecular weight is 373 g/mol. The molecule has 1 amide bonds. The van der Waals surface area contributed by atoms with E-state index in [0.29, 0.717) is 21.2 Å². The highest BCUT2D eigenvalue weighted by Crippen LogP contribution is 2.33. The third-order valence-corrected chi connectivity index (χ3v) is 4.43. The van der Waals surface area contributed by atoms with Crippen molar-refractivity contribution in [2.45, 2.75) is 19.5 Å². The first-order valence-electron chi connectivity index (χ1n) is 6.89. The molecule has 1 aliphatic rings. The number of hydrogen-bond donors (Lipinski definition) is 1. The third-order valence-electron chi connectivity index (χ3n) is 3.05. The first-order chi connectivity index (χ1) is 11.4. The number of carbonyl (C=O) groups is 2. The first kappa shape index (κ1) is 18.3. The minimum absolute atomic E-state index is 0.0309. The Morgan fingerprint density at radius 1 is 1.38 bits per heavy atom. The largest absolute Gasteiger partial charge is 0.481 e. The van der Waals surface area contributed by atoms with Crippen LogP contribution in [0, 0.1) is 0 Å². The highest BCUT2D eigenvalue weighted by Gasteiger charge is 2.31. The van der Waals surface area contributed by atoms with Crippen LogP contribution >= 0.6 is 24.0 Å². The zero-order valence-corrected chi connectivity index (χ0v) is 13.9. The van der Waals surface area contributed by atoms with Gasteiger partial charge >= 0.3 is 12.6 Å². The van der Waals surface area contributed by atoms with Gasteiger partial charge in [0.25, 0.3) is 5.91 Å². The SMILES string of the molecule is O=C(O)CCCN1C(=O)C(=Cc2ccc(OC(F)F)cc2)SC1=S. The van der Waals surface area contributed by atoms with Crippen LogP contribution in [0.3, 0.4) is 0 Å². The fraction of sp³-hybridized carbons (Fsp3) is 0.267. The molecule has 24 heavy (non-hydrogen) atoms. The van der Waals surface area contributed by atoms with Crippen molar-refractivity contribution in [3.63, 3.8) is 0 Å². The van der Waals surface area contributed by atoms with E-state index in [9.17, 15) is 18.4 Å². The van der Waals surface area contributed by atoms with Gasteiger partial charge in [-0.3, -0.25) is 14.5 Å². The van der Waals surface area contributed by atoms with Crippen molar-refractivity contribution in [1.82, 2.24) is 4.90 Å². The van der Waals surface area contributed by atoms with E-state index in [1.807, 2.05) is 0 Å². The fourth-order valence-corrected chi connectivity index (χ4v) is 3.29. The maximum Gasteiger partial charge on any atom is 0.387 e. The van der Waals surface area contributed by atoms with Gasteiger partial charge in [-0.05, 0) is 30.2 Å². The Morgan fingerprint density at radius 3 is 2.62 bits per heavy atom. The number of carboxylic acid groups (broad SMARTS) is 1. The van der Waals surface area contributed by atoms with Gasteiger partial charge in [0.1, 0.15) is 10.1 Å². The van der Waals surface area contributed by atoms with E-state index in [-0.39, 0.29) is 24.6 Å². The number of alkyl halides is 2. The number of halogens is 2. The quantitative estimate of drug-likeness (QED) is 0.584. The van der Waals surface area contributed by atoms with Crippen LogP contribution in [0.4, 0.5) is 8.78 Å². The van der Waals surface area contributed by atoms with Crippen molar-refractivity contribution in [3.8, 4) is 5.75 Å². The van der Waals surface area contributed by atoms with Gasteiger partial charge in [-0.1, -0.05) is 36.1 Å². The molecular formula is C15H13F2NO4S2. The molecule has 1 fully saturated rings. The van der Waals surface area contributed by atoms with Crippen LogP contribution in [0.25, 0.3) is 6.08 Å². The lowest BCUT2D eigenvalue weighted by Crippen LogP contribution is -2.29. The maximum atomic E-state index is 12.3. The maximum absolute atomic E-state index is 12.3. The lowest BCUT2D eigenvalue weighted by molar-refractivity contribution is -0.137. The number of ether oxygens (including phenoxy) is 1. The summed E-state index contributed by atoms with van der Waals surface area (Å²) in [5.41, 5.74) is 0.641. The molecular weight excluding hydrogens is 360 g/mol. The Kier molecular flexibility index (Phi) is 6.27. The predicted molar refractivity (Wildman–Crippen MR) is 89.8 cm³/mol. The van der Waals surface area contributed by atoms with E-state index in [1.165, 1.54) is 17.0 Å². The van der Waals surface area contributed by atoms with Crippen LogP contribution in [0.1, 0.15) is 18.4 Å². The number of nitrogens with zero attached hydrogens (tertiary/aromatic N) is 1. The zero-order chi connectivity index (χ0) is 17.7. The number of rotatable bonds is 7. The molecule has 5 nitrogen and oxygen atoms in total. The van der Waals surface area contributed by atoms with Gasteiger partial charge < -0.3 is 9.84 Å². The molecule has 1 aromatic carbocycles. The molecule has 0 aromatic heterocycles. The topological polar surface area (TPSA) is 66.8 Å². The molecule has 1 heterocycles. The third kappa shape index (κ3) is 5.00. The van der Waals surface area contributed by atoms with Crippen molar-refractivity contribution in [3.05, 3.63) is 34.7 Å². The summed E-state index contributed by atoms with van der Waals surface area (Å²) in [7, 11) is 0. The Hall–Kier alpha value is -2.00. The second-order valence-corrected chi connectivity index (χ2v) is 6.45. The molecule has 0 spiro atoms. The monoisotopic (exact) mass is 373 g/mol. The molecule has 2 rings (SSSR count). The van der Waals surface area contributed by atoms with E-state index in [2.05, 4.69) is 4.74 Å². The molecule has 1 aliphatic heterocycles. The van der Waals surface area contributed by atoms with Gasteiger partial charge in [0.2, 0.25) is 0 Å². The minimum atomic E-state index is -2.89. The van der Waals surface area contributed by atoms with E-state index in [4.69, 9.17) is 17.3 Å². The van der Waals surface area contributed by atoms with Crippen molar-refractivity contribution in [2.75, 3.05) is 6.54 Å². The molecule has 0 saturated carbocycles. The summed E-state index contributed by atoms with van der Waals surface area (Å²) in [6, 6.07) is 5.86. The molecule has 0 atom stereocenters. The van der Waals surface area contributed by atoms with Crippen LogP contribution in [0.5, 0.6) is 5.75 Å². The highest BCUT2D eigenvalue weighted by atomic mass is 32.2. The molecule has 0 unspecified atom stereocenters. The van der Waals surface area contributed by atoms with E-state index in [0.717, 1.165) is 11.8 Å². The van der Waals surface area contributed by atoms with Crippen molar-refractivity contribution in [2.24, 2.45) is 0 Å². The number of aliphatic carboxylic acids is 1. The summed E-state index contributed by atoms with van der Waals surface area (Å²) >= 11 is 6.26. The standard InChI is InChI=1S/C15H13F2NO4S2/c16-14(17)22-10-5-3-9(4-6-10)8-11-13(21)18(15(23)24-11)7-1-2-12(19)20/h3-6,8,14H,1-2,7H2,(H,19,20). The number of carboxylic acids is 1. The van der Waals surface area contributed by atoms with E-state index in [1.54, 1.807) is 18.2 Å². The van der Waals surface area contributed by atoms with Crippen LogP contribution in [0.15, 0.2) is 29.2 Å². The predicted octanol–water partition coefficient (Wildman–Crippen LogP) is 3.35. The lowest BCUT2D eigenvalue weighted by atomic mass is 10.2. The van der Waals surface area contributed by atoms with Crippen LogP contribution in [-0.4, -0.2) is 39.4 Å². The van der Waals surface area contributed by atoms with Gasteiger partial charge in [-0.25, -0.2) is 0 Å². The molecule has 1 N–H and O–H groups in total. The van der Waals surface area contributed by atoms with Gasteiger partial charge in [0, 0.05) is 13.0 Å². The molecule has 0 bridgehead atoms. The second kappa shape index (κ2) is 8.20. The van der Waals surface area contributed by atoms with E-state index < -0.39 is 12.6 Å². The summed E-state index contributed by atoms with van der Waals surface area (Å²) in [6.45, 7) is -2.65. The van der Waals surface area contributed by atoms with Crippen LogP contribution < -0.4 is 4.74 Å². The summed E-state index contributed by atoms with van der Waals surface area (Å²) in [5, 5.41) is 8.63. The number of thioether (sulfide) groups is 1. The minimum Gasteiger partial charge on any atom is -0.481 e. The molecule has 1 aromatic rings. The summed E-state index contributed by atoms with van der Waals surface area (Å²) in [4.78, 5) is 24.6. The zero-order valence-electron chi connectivity index (χ0n) is 12.3. The summed E-state index contributed by atoms with van der Waals surface area (Å²) in [5.74, 6) is -1.19. The van der Waals surface area contributed by atoms with Crippen molar-refractivity contribution < 1.29 is 28.2 Å². The second-order valence-electron chi connectivity index (χ2n) is 4.78. The fourth-order valence-electron chi connectivity index (χ4n) is 1.98. The van der Waals surface area contributed by atoms with Gasteiger partial charge in [-0.2, -0.15) is 8.78 Å².